The van der Waals surface area contributed by atoms with Crippen molar-refractivity contribution in [3.8, 4) is 16.8 Å². The van der Waals surface area contributed by atoms with Crippen LogP contribution in [0.4, 0.5) is 0 Å². The average Bonchev–Trinajstić information content (AvgIpc) is 3.30. The van der Waals surface area contributed by atoms with Crippen molar-refractivity contribution in [1.82, 2.24) is 9.55 Å². The van der Waals surface area contributed by atoms with Crippen LogP contribution in [-0.4, -0.2) is 9.55 Å². The van der Waals surface area contributed by atoms with Gasteiger partial charge in [0, 0.05) is 33.9 Å². The second-order valence-corrected chi connectivity index (χ2v) is 9.62. The number of rotatable bonds is 2. The van der Waals surface area contributed by atoms with E-state index >= 15 is 0 Å². The zero-order valence-corrected chi connectivity index (χ0v) is 20.1. The topological polar surface area (TPSA) is 17.8 Å². The van der Waals surface area contributed by atoms with Crippen LogP contribution >= 0.6 is 0 Å². The fourth-order valence-electron chi connectivity index (χ4n) is 6.06. The van der Waals surface area contributed by atoms with Crippen LogP contribution in [0.3, 0.4) is 0 Å². The molecule has 2 aromatic heterocycles. The number of aromatic nitrogens is 2. The molecule has 37 heavy (non-hydrogen) atoms. The van der Waals surface area contributed by atoms with E-state index in [-0.39, 0.29) is 0 Å². The summed E-state index contributed by atoms with van der Waals surface area (Å²) in [5, 5.41) is 9.85. The van der Waals surface area contributed by atoms with E-state index in [1.807, 2.05) is 12.4 Å². The van der Waals surface area contributed by atoms with Gasteiger partial charge >= 0.3 is 0 Å². The Morgan fingerprint density at radius 3 is 1.81 bits per heavy atom. The second-order valence-electron chi connectivity index (χ2n) is 9.62. The Kier molecular flexibility index (Phi) is 4.26. The molecule has 0 saturated carbocycles. The molecule has 0 bridgehead atoms. The number of hydrogen-bond donors (Lipinski definition) is 0. The van der Waals surface area contributed by atoms with E-state index in [0.717, 1.165) is 5.39 Å². The highest BCUT2D eigenvalue weighted by Gasteiger charge is 2.20. The zero-order valence-electron chi connectivity index (χ0n) is 20.1. The minimum Gasteiger partial charge on any atom is -0.308 e. The molecule has 0 spiro atoms. The molecule has 0 saturated heterocycles. The van der Waals surface area contributed by atoms with Crippen LogP contribution in [0, 0.1) is 0 Å². The minimum atomic E-state index is 1.15. The molecule has 2 heteroatoms. The smallest absolute Gasteiger partial charge is 0.0634 e. The van der Waals surface area contributed by atoms with Gasteiger partial charge in [0.15, 0.2) is 0 Å². The lowest BCUT2D eigenvalue weighted by atomic mass is 9.90. The van der Waals surface area contributed by atoms with Crippen molar-refractivity contribution in [3.63, 3.8) is 0 Å². The monoisotopic (exact) mass is 470 g/mol. The average molecular weight is 471 g/mol. The summed E-state index contributed by atoms with van der Waals surface area (Å²) in [6, 6.07) is 43.8. The summed E-state index contributed by atoms with van der Waals surface area (Å²) in [5.41, 5.74) is 6.07. The Morgan fingerprint density at radius 2 is 1.05 bits per heavy atom. The molecule has 6 aromatic carbocycles. The normalized spacial score (nSPS) is 11.8. The molecule has 2 heterocycles. The Balaban J connectivity index is 1.58. The first-order valence-electron chi connectivity index (χ1n) is 12.6. The van der Waals surface area contributed by atoms with Gasteiger partial charge in [-0.1, -0.05) is 97.1 Å². The number of pyridine rings is 1. The maximum absolute atomic E-state index is 4.62. The molecular weight excluding hydrogens is 448 g/mol. The molecule has 0 aliphatic rings. The van der Waals surface area contributed by atoms with Crippen molar-refractivity contribution in [3.05, 3.63) is 134 Å². The molecule has 0 aliphatic carbocycles. The van der Waals surface area contributed by atoms with E-state index in [0.29, 0.717) is 0 Å². The lowest BCUT2D eigenvalue weighted by Gasteiger charge is -2.19. The van der Waals surface area contributed by atoms with Crippen LogP contribution in [0.2, 0.25) is 0 Å². The fourth-order valence-corrected chi connectivity index (χ4v) is 6.06. The quantitative estimate of drug-likeness (QED) is 0.230. The maximum Gasteiger partial charge on any atom is 0.0634 e. The minimum absolute atomic E-state index is 1.15. The zero-order chi connectivity index (χ0) is 24.3. The van der Waals surface area contributed by atoms with E-state index in [1.165, 1.54) is 65.6 Å². The molecule has 172 valence electrons. The van der Waals surface area contributed by atoms with Crippen molar-refractivity contribution in [2.24, 2.45) is 0 Å². The summed E-state index contributed by atoms with van der Waals surface area (Å²) in [4.78, 5) is 4.62. The molecule has 0 unspecified atom stereocenters. The van der Waals surface area contributed by atoms with E-state index in [1.54, 1.807) is 0 Å². The van der Waals surface area contributed by atoms with Gasteiger partial charge < -0.3 is 4.57 Å². The molecule has 8 rings (SSSR count). The van der Waals surface area contributed by atoms with Gasteiger partial charge in [-0.05, 0) is 56.9 Å². The SMILES string of the molecule is c1ccc2cc(-c3c4ccccc4c(-n4c5ccccc5c5ccccc54)c4cnccc34)ccc2c1. The summed E-state index contributed by atoms with van der Waals surface area (Å²) in [5.74, 6) is 0. The van der Waals surface area contributed by atoms with Crippen molar-refractivity contribution >= 4 is 54.1 Å². The number of hydrogen-bond acceptors (Lipinski definition) is 1. The van der Waals surface area contributed by atoms with Crippen LogP contribution < -0.4 is 0 Å². The van der Waals surface area contributed by atoms with Gasteiger partial charge in [-0.3, -0.25) is 4.98 Å². The fraction of sp³-hybridized carbons (Fsp3) is 0. The van der Waals surface area contributed by atoms with Crippen molar-refractivity contribution < 1.29 is 0 Å². The van der Waals surface area contributed by atoms with Crippen LogP contribution in [-0.2, 0) is 0 Å². The van der Waals surface area contributed by atoms with Gasteiger partial charge in [0.2, 0.25) is 0 Å². The Labute approximate surface area is 214 Å². The number of fused-ring (bicyclic) bond motifs is 6. The molecule has 0 amide bonds. The standard InChI is InChI=1S/C35H22N2/c1-2-10-24-21-25(18-17-23(24)9-1)34-28-13-3-4-14-30(28)35(31-22-36-20-19-29(31)34)37-32-15-7-5-11-26(32)27-12-6-8-16-33(27)37/h1-22H. The third-order valence-electron chi connectivity index (χ3n) is 7.64. The van der Waals surface area contributed by atoms with E-state index in [4.69, 9.17) is 0 Å². The highest BCUT2D eigenvalue weighted by Crippen LogP contribution is 2.43. The van der Waals surface area contributed by atoms with Gasteiger partial charge in [0.25, 0.3) is 0 Å². The largest absolute Gasteiger partial charge is 0.308 e. The summed E-state index contributed by atoms with van der Waals surface area (Å²) >= 11 is 0. The van der Waals surface area contributed by atoms with Crippen LogP contribution in [0.1, 0.15) is 0 Å². The third-order valence-corrected chi connectivity index (χ3v) is 7.64. The predicted octanol–water partition coefficient (Wildman–Crippen LogP) is 9.31. The van der Waals surface area contributed by atoms with Gasteiger partial charge in [-0.2, -0.15) is 0 Å². The molecule has 0 fully saturated rings. The molecule has 0 atom stereocenters. The van der Waals surface area contributed by atoms with Crippen molar-refractivity contribution in [2.75, 3.05) is 0 Å². The molecule has 0 radical (unpaired) electrons. The van der Waals surface area contributed by atoms with Gasteiger partial charge in [0.1, 0.15) is 0 Å². The van der Waals surface area contributed by atoms with E-state index in [9.17, 15) is 0 Å². The Bertz CT molecular complexity index is 2040. The molecule has 2 nitrogen and oxygen atoms in total. The third kappa shape index (κ3) is 2.90. The van der Waals surface area contributed by atoms with Gasteiger partial charge in [-0.15, -0.1) is 0 Å². The number of nitrogens with zero attached hydrogens (tertiary/aromatic N) is 2. The highest BCUT2D eigenvalue weighted by molar-refractivity contribution is 6.21. The summed E-state index contributed by atoms with van der Waals surface area (Å²) in [6.45, 7) is 0. The first kappa shape index (κ1) is 20.3. The molecule has 0 aliphatic heterocycles. The van der Waals surface area contributed by atoms with Crippen LogP contribution in [0.15, 0.2) is 134 Å². The Hall–Kier alpha value is -4.95. The second kappa shape index (κ2) is 7.78. The summed E-state index contributed by atoms with van der Waals surface area (Å²) in [7, 11) is 0. The van der Waals surface area contributed by atoms with Crippen LogP contribution in [0.5, 0.6) is 0 Å². The first-order valence-corrected chi connectivity index (χ1v) is 12.6. The van der Waals surface area contributed by atoms with E-state index in [2.05, 4.69) is 131 Å². The predicted molar refractivity (Wildman–Crippen MR) is 157 cm³/mol. The number of para-hydroxylation sites is 2. The van der Waals surface area contributed by atoms with Crippen molar-refractivity contribution in [1.29, 1.82) is 0 Å². The van der Waals surface area contributed by atoms with Crippen LogP contribution in [0.25, 0.3) is 70.9 Å². The molecule has 8 aromatic rings. The molecular formula is C35H22N2. The summed E-state index contributed by atoms with van der Waals surface area (Å²) in [6.07, 6.45) is 3.95. The van der Waals surface area contributed by atoms with Crippen molar-refractivity contribution in [2.45, 2.75) is 0 Å². The first-order chi connectivity index (χ1) is 18.4. The number of benzene rings is 6. The maximum atomic E-state index is 4.62. The highest BCUT2D eigenvalue weighted by atomic mass is 15.0. The van der Waals surface area contributed by atoms with Gasteiger partial charge in [-0.25, -0.2) is 0 Å². The van der Waals surface area contributed by atoms with Gasteiger partial charge in [0.05, 0.1) is 16.7 Å². The lowest BCUT2D eigenvalue weighted by molar-refractivity contribution is 1.21. The Morgan fingerprint density at radius 1 is 0.459 bits per heavy atom. The molecule has 0 N–H and O–H groups in total. The lowest BCUT2D eigenvalue weighted by Crippen LogP contribution is -1.99. The van der Waals surface area contributed by atoms with E-state index < -0.39 is 0 Å². The summed E-state index contributed by atoms with van der Waals surface area (Å²) < 4.78 is 2.43.